The van der Waals surface area contributed by atoms with Crippen molar-refractivity contribution in [2.45, 2.75) is 17.8 Å². The Morgan fingerprint density at radius 1 is 1.75 bits per heavy atom. The Kier molecular flexibility index (Phi) is 2.14. The average molecular weight is 136 g/mol. The van der Waals surface area contributed by atoms with Crippen LogP contribution >= 0.6 is 11.8 Å². The van der Waals surface area contributed by atoms with Crippen molar-refractivity contribution in [1.29, 1.82) is 0 Å². The first kappa shape index (κ1) is 6.36. The minimum absolute atomic E-state index is 0.130. The molecule has 0 bridgehead atoms. The molecule has 2 atom stereocenters. The second-order valence-corrected chi connectivity index (χ2v) is 3.30. The highest BCUT2D eigenvalue weighted by Crippen LogP contribution is 2.27. The number of rotatable bonds is 1. The lowest BCUT2D eigenvalue weighted by Gasteiger charge is -1.98. The van der Waals surface area contributed by atoms with Crippen LogP contribution in [0.3, 0.4) is 0 Å². The molecular weight excluding hydrogens is 127 g/mol. The van der Waals surface area contributed by atoms with Gasteiger partial charge >= 0.3 is 0 Å². The predicted octanol–water partition coefficient (Wildman–Crippen LogP) is 0.822. The van der Waals surface area contributed by atoms with Crippen molar-refractivity contribution in [2.75, 3.05) is 12.4 Å². The Balaban J connectivity index is 2.22. The average Bonchev–Trinajstić information content (AvgIpc) is 2.14. The topological polar surface area (TPSA) is 20.2 Å². The molecule has 1 aliphatic heterocycles. The third kappa shape index (κ3) is 1.36. The summed E-state index contributed by atoms with van der Waals surface area (Å²) >= 11 is 1.53. The molecule has 48 valence electrons. The molecule has 8 heavy (non-hydrogen) atoms. The maximum Gasteiger partial charge on any atom is 0.110 e. The Morgan fingerprint density at radius 3 is 2.75 bits per heavy atom. The quantitative estimate of drug-likeness (QED) is 0.576. The van der Waals surface area contributed by atoms with Gasteiger partial charge in [0.15, 0.2) is 0 Å². The molecule has 0 amide bonds. The van der Waals surface area contributed by atoms with Crippen molar-refractivity contribution in [3.63, 3.8) is 0 Å². The standard InChI is InChI=1S/C5H9FOS/c6-4-1-5(2-7)8-3-4/h4-5,7H,1-3H2/t4-,5+/m1/s1. The smallest absolute Gasteiger partial charge is 0.110 e. The van der Waals surface area contributed by atoms with Gasteiger partial charge in [-0.25, -0.2) is 4.39 Å². The van der Waals surface area contributed by atoms with Crippen LogP contribution < -0.4 is 0 Å². The number of alkyl halides is 1. The van der Waals surface area contributed by atoms with Crippen LogP contribution in [0.5, 0.6) is 0 Å². The van der Waals surface area contributed by atoms with Gasteiger partial charge in [0.25, 0.3) is 0 Å². The summed E-state index contributed by atoms with van der Waals surface area (Å²) in [6.07, 6.45) is -0.126. The van der Waals surface area contributed by atoms with Gasteiger partial charge in [-0.3, -0.25) is 0 Å². The lowest BCUT2D eigenvalue weighted by atomic mass is 10.2. The Bertz CT molecular complexity index is 78.8. The largest absolute Gasteiger partial charge is 0.395 e. The third-order valence-corrected chi connectivity index (χ3v) is 2.60. The molecule has 1 nitrogen and oxygen atoms in total. The van der Waals surface area contributed by atoms with Crippen LogP contribution in [0.1, 0.15) is 6.42 Å². The SMILES string of the molecule is OC[C@@H]1C[C@@H](F)CS1. The van der Waals surface area contributed by atoms with Crippen molar-refractivity contribution < 1.29 is 9.50 Å². The molecule has 0 aromatic heterocycles. The number of aliphatic hydroxyl groups is 1. The Morgan fingerprint density at radius 2 is 2.50 bits per heavy atom. The molecule has 0 spiro atoms. The minimum atomic E-state index is -0.669. The number of aliphatic hydroxyl groups excluding tert-OH is 1. The van der Waals surface area contributed by atoms with Crippen LogP contribution in [0.2, 0.25) is 0 Å². The normalized spacial score (nSPS) is 38.2. The summed E-state index contributed by atoms with van der Waals surface area (Å²) < 4.78 is 12.2. The Hall–Kier alpha value is 0.240. The van der Waals surface area contributed by atoms with E-state index in [1.807, 2.05) is 0 Å². The zero-order valence-electron chi connectivity index (χ0n) is 4.51. The third-order valence-electron chi connectivity index (χ3n) is 1.24. The molecule has 0 aromatic carbocycles. The molecule has 0 saturated carbocycles. The predicted molar refractivity (Wildman–Crippen MR) is 32.8 cm³/mol. The van der Waals surface area contributed by atoms with Gasteiger partial charge in [-0.15, -0.1) is 0 Å². The molecule has 3 heteroatoms. The van der Waals surface area contributed by atoms with E-state index in [4.69, 9.17) is 5.11 Å². The summed E-state index contributed by atoms with van der Waals surface area (Å²) in [4.78, 5) is 0. The van der Waals surface area contributed by atoms with E-state index in [0.717, 1.165) is 0 Å². The van der Waals surface area contributed by atoms with Gasteiger partial charge in [0, 0.05) is 11.0 Å². The van der Waals surface area contributed by atoms with E-state index >= 15 is 0 Å². The molecule has 0 aromatic rings. The first-order chi connectivity index (χ1) is 3.83. The van der Waals surface area contributed by atoms with Gasteiger partial charge in [0.1, 0.15) is 6.17 Å². The summed E-state index contributed by atoms with van der Waals surface area (Å²) in [5.74, 6) is 0.575. The fourth-order valence-corrected chi connectivity index (χ4v) is 1.86. The van der Waals surface area contributed by atoms with Gasteiger partial charge in [0.2, 0.25) is 0 Å². The lowest BCUT2D eigenvalue weighted by Crippen LogP contribution is -2.05. The number of halogens is 1. The van der Waals surface area contributed by atoms with E-state index in [9.17, 15) is 4.39 Å². The van der Waals surface area contributed by atoms with E-state index < -0.39 is 6.17 Å². The van der Waals surface area contributed by atoms with Gasteiger partial charge in [-0.05, 0) is 6.42 Å². The fourth-order valence-electron chi connectivity index (χ4n) is 0.789. The zero-order valence-corrected chi connectivity index (χ0v) is 5.33. The summed E-state index contributed by atoms with van der Waals surface area (Å²) in [6.45, 7) is 0.130. The maximum atomic E-state index is 12.2. The molecule has 0 radical (unpaired) electrons. The van der Waals surface area contributed by atoms with Gasteiger partial charge in [0.05, 0.1) is 6.61 Å². The van der Waals surface area contributed by atoms with Crippen LogP contribution in [0, 0.1) is 0 Å². The van der Waals surface area contributed by atoms with E-state index in [1.54, 1.807) is 0 Å². The first-order valence-corrected chi connectivity index (χ1v) is 3.74. The van der Waals surface area contributed by atoms with Gasteiger partial charge in [-0.1, -0.05) is 0 Å². The number of hydrogen-bond acceptors (Lipinski definition) is 2. The highest BCUT2D eigenvalue weighted by atomic mass is 32.2. The lowest BCUT2D eigenvalue weighted by molar-refractivity contribution is 0.271. The van der Waals surface area contributed by atoms with Crippen molar-refractivity contribution >= 4 is 11.8 Å². The zero-order chi connectivity index (χ0) is 5.98. The van der Waals surface area contributed by atoms with Crippen LogP contribution in [0.4, 0.5) is 4.39 Å². The van der Waals surface area contributed by atoms with Crippen molar-refractivity contribution in [1.82, 2.24) is 0 Å². The van der Waals surface area contributed by atoms with E-state index in [-0.39, 0.29) is 11.9 Å². The van der Waals surface area contributed by atoms with Crippen LogP contribution in [-0.4, -0.2) is 28.9 Å². The van der Waals surface area contributed by atoms with Crippen LogP contribution in [0.25, 0.3) is 0 Å². The van der Waals surface area contributed by atoms with Crippen molar-refractivity contribution in [2.24, 2.45) is 0 Å². The highest BCUT2D eigenvalue weighted by Gasteiger charge is 2.23. The molecule has 1 heterocycles. The fraction of sp³-hybridized carbons (Fsp3) is 1.00. The second kappa shape index (κ2) is 2.69. The summed E-state index contributed by atoms with van der Waals surface area (Å²) in [6, 6.07) is 0. The van der Waals surface area contributed by atoms with Gasteiger partial charge < -0.3 is 5.11 Å². The molecule has 1 aliphatic rings. The minimum Gasteiger partial charge on any atom is -0.395 e. The molecule has 1 saturated heterocycles. The molecule has 1 rings (SSSR count). The Labute approximate surface area is 52.3 Å². The van der Waals surface area contributed by atoms with E-state index in [1.165, 1.54) is 11.8 Å². The van der Waals surface area contributed by atoms with E-state index in [2.05, 4.69) is 0 Å². The molecular formula is C5H9FOS. The molecule has 0 aliphatic carbocycles. The van der Waals surface area contributed by atoms with Gasteiger partial charge in [-0.2, -0.15) is 11.8 Å². The summed E-state index contributed by atoms with van der Waals surface area (Å²) in [7, 11) is 0. The molecule has 1 N–H and O–H groups in total. The van der Waals surface area contributed by atoms with Crippen LogP contribution in [0.15, 0.2) is 0 Å². The first-order valence-electron chi connectivity index (χ1n) is 2.69. The van der Waals surface area contributed by atoms with Crippen LogP contribution in [-0.2, 0) is 0 Å². The monoisotopic (exact) mass is 136 g/mol. The summed E-state index contributed by atoms with van der Waals surface area (Å²) in [5, 5.41) is 8.67. The van der Waals surface area contributed by atoms with E-state index in [0.29, 0.717) is 12.2 Å². The maximum absolute atomic E-state index is 12.2. The summed E-state index contributed by atoms with van der Waals surface area (Å²) in [5.41, 5.74) is 0. The highest BCUT2D eigenvalue weighted by molar-refractivity contribution is 8.00. The number of hydrogen-bond donors (Lipinski definition) is 1. The van der Waals surface area contributed by atoms with Crippen molar-refractivity contribution in [3.05, 3.63) is 0 Å². The second-order valence-electron chi connectivity index (χ2n) is 1.97. The van der Waals surface area contributed by atoms with Crippen molar-refractivity contribution in [3.8, 4) is 0 Å². The number of thioether (sulfide) groups is 1. The molecule has 0 unspecified atom stereocenters. The molecule has 1 fully saturated rings.